The second kappa shape index (κ2) is 11.9. The van der Waals surface area contributed by atoms with E-state index in [4.69, 9.17) is 23.7 Å². The molecule has 3 aromatic carbocycles. The molecule has 0 amide bonds. The van der Waals surface area contributed by atoms with Crippen LogP contribution in [-0.4, -0.2) is 38.6 Å². The monoisotopic (exact) mass is 692 g/mol. The van der Waals surface area contributed by atoms with Gasteiger partial charge in [-0.25, -0.2) is 4.79 Å². The van der Waals surface area contributed by atoms with Crippen LogP contribution in [-0.2, 0) is 30.5 Å². The number of halogens is 1. The fraction of sp³-hybridized carbons (Fsp3) is 0.294. The lowest BCUT2D eigenvalue weighted by atomic mass is 9.89. The van der Waals surface area contributed by atoms with Crippen LogP contribution in [0.15, 0.2) is 54.9 Å². The lowest BCUT2D eigenvalue weighted by Gasteiger charge is -2.21. The molecule has 2 aromatic heterocycles. The molecule has 0 spiro atoms. The predicted molar refractivity (Wildman–Crippen MR) is 159 cm³/mol. The molecule has 0 unspecified atom stereocenters. The third-order valence-corrected chi connectivity index (χ3v) is 8.39. The number of hydrogen-bond acceptors (Lipinski definition) is 6. The van der Waals surface area contributed by atoms with E-state index in [1.54, 1.807) is 14.2 Å². The highest BCUT2D eigenvalue weighted by atomic mass is 127. The van der Waals surface area contributed by atoms with Crippen molar-refractivity contribution in [3.8, 4) is 34.3 Å². The largest absolute Gasteiger partial charge is 1.00 e. The van der Waals surface area contributed by atoms with Crippen molar-refractivity contribution in [2.45, 2.75) is 39.2 Å². The summed E-state index contributed by atoms with van der Waals surface area (Å²) in [6, 6.07) is 14.1. The predicted octanol–water partition coefficient (Wildman–Crippen LogP) is 2.93. The third kappa shape index (κ3) is 5.03. The molecule has 4 heterocycles. The van der Waals surface area contributed by atoms with Crippen molar-refractivity contribution in [2.75, 3.05) is 27.6 Å². The van der Waals surface area contributed by atoms with E-state index in [1.165, 1.54) is 27.9 Å². The summed E-state index contributed by atoms with van der Waals surface area (Å²) in [7, 11) is 3.36. The Morgan fingerprint density at radius 2 is 1.81 bits per heavy atom. The van der Waals surface area contributed by atoms with E-state index in [2.05, 4.69) is 40.1 Å². The van der Waals surface area contributed by atoms with Crippen LogP contribution in [0, 0.1) is 0 Å². The van der Waals surface area contributed by atoms with E-state index in [0.29, 0.717) is 17.9 Å². The minimum atomic E-state index is -0.296. The first-order chi connectivity index (χ1) is 20.6. The SMILES string of the molecule is CCOC(=O)c1ccc2[nH]cc(CCCc3c4[n+](cc5c(OC)c(OC)ccc35)CCc3cc5c(cc3-4)OCO5)c2c1.[I-]. The Morgan fingerprint density at radius 3 is 2.60 bits per heavy atom. The van der Waals surface area contributed by atoms with Gasteiger partial charge in [0.1, 0.15) is 0 Å². The molecule has 2 aliphatic heterocycles. The van der Waals surface area contributed by atoms with E-state index in [-0.39, 0.29) is 36.7 Å². The number of esters is 1. The maximum atomic E-state index is 12.4. The van der Waals surface area contributed by atoms with Crippen LogP contribution < -0.4 is 47.5 Å². The Hall–Kier alpha value is -3.99. The number of nitrogens with zero attached hydrogens (tertiary/aromatic N) is 1. The van der Waals surface area contributed by atoms with Crippen molar-refractivity contribution >= 4 is 27.6 Å². The zero-order valence-electron chi connectivity index (χ0n) is 24.4. The van der Waals surface area contributed by atoms with E-state index in [9.17, 15) is 4.79 Å². The smallest absolute Gasteiger partial charge is 0.338 e. The molecule has 0 bridgehead atoms. The average Bonchev–Trinajstić information content (AvgIpc) is 3.65. The molecule has 9 heteroatoms. The Labute approximate surface area is 266 Å². The summed E-state index contributed by atoms with van der Waals surface area (Å²) < 4.78 is 30.6. The number of hydrogen-bond donors (Lipinski definition) is 1. The van der Waals surface area contributed by atoms with Crippen LogP contribution in [0.4, 0.5) is 0 Å². The number of ether oxygens (including phenoxy) is 5. The van der Waals surface area contributed by atoms with Gasteiger partial charge in [-0.1, -0.05) is 0 Å². The van der Waals surface area contributed by atoms with Gasteiger partial charge in [0.2, 0.25) is 12.5 Å². The number of aromatic nitrogens is 2. The molecule has 5 aromatic rings. The molecular formula is C34H33IN2O6. The zero-order valence-corrected chi connectivity index (χ0v) is 26.6. The number of H-pyrrole nitrogens is 1. The van der Waals surface area contributed by atoms with E-state index in [0.717, 1.165) is 71.2 Å². The topological polar surface area (TPSA) is 82.9 Å². The first kappa shape index (κ1) is 29.1. The fourth-order valence-electron chi connectivity index (χ4n) is 6.44. The van der Waals surface area contributed by atoms with Gasteiger partial charge in [-0.2, -0.15) is 4.57 Å². The van der Waals surface area contributed by atoms with Crippen LogP contribution in [0.2, 0.25) is 0 Å². The quantitative estimate of drug-likeness (QED) is 0.153. The molecule has 0 atom stereocenters. The van der Waals surface area contributed by atoms with Crippen LogP contribution >= 0.6 is 0 Å². The second-order valence-corrected chi connectivity index (χ2v) is 10.7. The van der Waals surface area contributed by atoms with Crippen molar-refractivity contribution in [2.24, 2.45) is 0 Å². The minimum absolute atomic E-state index is 0. The van der Waals surface area contributed by atoms with Gasteiger partial charge in [-0.05, 0) is 79.8 Å². The number of carbonyl (C=O) groups is 1. The van der Waals surface area contributed by atoms with Crippen molar-refractivity contribution in [3.63, 3.8) is 0 Å². The van der Waals surface area contributed by atoms with Gasteiger partial charge in [0.05, 0.1) is 37.3 Å². The standard InChI is InChI=1S/C34H32N2O6.HI/c1-4-40-34(37)21-8-10-28-25(14-21)22(17-35-28)6-5-7-24-23-9-11-29(38-2)33(39-3)27(23)18-36-13-12-20-15-30-31(42-19-41-30)16-26(20)32(24)36;/h8-11,14-18H,4-7,12-13,19H2,1-3H3;1H. The summed E-state index contributed by atoms with van der Waals surface area (Å²) in [6.45, 7) is 3.28. The maximum absolute atomic E-state index is 12.4. The highest BCUT2D eigenvalue weighted by Gasteiger charge is 2.32. The summed E-state index contributed by atoms with van der Waals surface area (Å²) in [5, 5.41) is 3.23. The summed E-state index contributed by atoms with van der Waals surface area (Å²) >= 11 is 0. The van der Waals surface area contributed by atoms with Crippen molar-refractivity contribution in [3.05, 3.63) is 77.1 Å². The Balaban J connectivity index is 0.00000329. The number of rotatable bonds is 8. The normalized spacial score (nSPS) is 12.9. The third-order valence-electron chi connectivity index (χ3n) is 8.39. The molecule has 1 N–H and O–H groups in total. The first-order valence-corrected chi connectivity index (χ1v) is 14.4. The molecule has 0 aliphatic carbocycles. The van der Waals surface area contributed by atoms with Gasteiger partial charge in [0.15, 0.2) is 35.7 Å². The number of benzene rings is 3. The molecular weight excluding hydrogens is 659 g/mol. The Bertz CT molecular complexity index is 1860. The van der Waals surface area contributed by atoms with Crippen molar-refractivity contribution in [1.29, 1.82) is 0 Å². The number of nitrogens with one attached hydrogen (secondary N) is 1. The number of fused-ring (bicyclic) bond motifs is 6. The highest BCUT2D eigenvalue weighted by Crippen LogP contribution is 2.44. The summed E-state index contributed by atoms with van der Waals surface area (Å²) in [5.41, 5.74) is 7.69. The zero-order chi connectivity index (χ0) is 28.8. The van der Waals surface area contributed by atoms with Crippen molar-refractivity contribution < 1.29 is 57.0 Å². The molecule has 0 saturated carbocycles. The Morgan fingerprint density at radius 1 is 0.977 bits per heavy atom. The average molecular weight is 693 g/mol. The summed E-state index contributed by atoms with van der Waals surface area (Å²) in [5.74, 6) is 2.77. The molecule has 222 valence electrons. The molecule has 0 radical (unpaired) electrons. The van der Waals surface area contributed by atoms with E-state index < -0.39 is 0 Å². The maximum Gasteiger partial charge on any atom is 0.338 e. The fourth-order valence-corrected chi connectivity index (χ4v) is 6.44. The minimum Gasteiger partial charge on any atom is -1.00 e. The summed E-state index contributed by atoms with van der Waals surface area (Å²) in [6.07, 6.45) is 7.76. The second-order valence-electron chi connectivity index (χ2n) is 10.7. The van der Waals surface area contributed by atoms with E-state index >= 15 is 0 Å². The van der Waals surface area contributed by atoms with Crippen LogP contribution in [0.5, 0.6) is 23.0 Å². The lowest BCUT2D eigenvalue weighted by molar-refractivity contribution is -0.686. The number of carbonyl (C=O) groups excluding carboxylic acids is 1. The molecule has 8 nitrogen and oxygen atoms in total. The van der Waals surface area contributed by atoms with Crippen LogP contribution in [0.1, 0.15) is 40.4 Å². The molecule has 7 rings (SSSR count). The van der Waals surface area contributed by atoms with Crippen LogP contribution in [0.25, 0.3) is 32.9 Å². The van der Waals surface area contributed by atoms with Crippen LogP contribution in [0.3, 0.4) is 0 Å². The highest BCUT2D eigenvalue weighted by molar-refractivity contribution is 5.96. The van der Waals surface area contributed by atoms with E-state index in [1.807, 2.05) is 31.2 Å². The summed E-state index contributed by atoms with van der Waals surface area (Å²) in [4.78, 5) is 15.7. The van der Waals surface area contributed by atoms with Crippen molar-refractivity contribution in [1.82, 2.24) is 4.98 Å². The molecule has 0 saturated heterocycles. The first-order valence-electron chi connectivity index (χ1n) is 14.4. The number of methoxy groups -OCH3 is 2. The van der Waals surface area contributed by atoms with Gasteiger partial charge in [-0.3, -0.25) is 0 Å². The molecule has 2 aliphatic rings. The Kier molecular flexibility index (Phi) is 8.09. The lowest BCUT2D eigenvalue weighted by Crippen LogP contribution is -3.00. The van der Waals surface area contributed by atoms with Gasteiger partial charge in [0, 0.05) is 34.5 Å². The van der Waals surface area contributed by atoms with Gasteiger partial charge >= 0.3 is 5.97 Å². The van der Waals surface area contributed by atoms with Gasteiger partial charge in [0.25, 0.3) is 0 Å². The molecule has 43 heavy (non-hydrogen) atoms. The van der Waals surface area contributed by atoms with Gasteiger partial charge in [-0.15, -0.1) is 0 Å². The molecule has 0 fully saturated rings. The number of aromatic amines is 1. The number of aryl methyl sites for hydroxylation is 4. The number of pyridine rings is 1. The van der Waals surface area contributed by atoms with Gasteiger partial charge < -0.3 is 52.6 Å².